The molecule has 124 valence electrons. The van der Waals surface area contributed by atoms with Gasteiger partial charge in [-0.15, -0.1) is 5.10 Å². The number of rotatable bonds is 6. The molecular formula is C16H15N3O4S. The van der Waals surface area contributed by atoms with E-state index in [0.717, 1.165) is 5.69 Å². The first-order valence-corrected chi connectivity index (χ1v) is 7.71. The van der Waals surface area contributed by atoms with Gasteiger partial charge in [0, 0.05) is 5.69 Å². The number of carbonyl (C=O) groups is 1. The number of esters is 1. The summed E-state index contributed by atoms with van der Waals surface area (Å²) in [5.41, 5.74) is 1.31. The van der Waals surface area contributed by atoms with E-state index in [1.807, 2.05) is 0 Å². The van der Waals surface area contributed by atoms with Crippen LogP contribution in [-0.4, -0.2) is 22.4 Å². The lowest BCUT2D eigenvalue weighted by atomic mass is 10.2. The number of nitrogens with zero attached hydrogens (tertiary/aromatic N) is 2. The van der Waals surface area contributed by atoms with E-state index >= 15 is 0 Å². The maximum atomic E-state index is 11.6. The van der Waals surface area contributed by atoms with Gasteiger partial charge in [-0.1, -0.05) is 0 Å². The highest BCUT2D eigenvalue weighted by Crippen LogP contribution is 2.18. The SMILES string of the molecule is CCOC(=O)c1ccc(NCn2nc(-c3ccco3)oc2=S)cc1. The highest BCUT2D eigenvalue weighted by Gasteiger charge is 2.10. The molecular weight excluding hydrogens is 330 g/mol. The quantitative estimate of drug-likeness (QED) is 0.538. The number of hydrogen-bond donors (Lipinski definition) is 1. The lowest BCUT2D eigenvalue weighted by molar-refractivity contribution is 0.0526. The summed E-state index contributed by atoms with van der Waals surface area (Å²) in [5, 5.41) is 7.40. The molecule has 3 aromatic rings. The summed E-state index contributed by atoms with van der Waals surface area (Å²) in [4.78, 5) is 11.8. The molecule has 24 heavy (non-hydrogen) atoms. The Kier molecular flexibility index (Phi) is 4.76. The molecule has 2 aromatic heterocycles. The van der Waals surface area contributed by atoms with Gasteiger partial charge in [0.05, 0.1) is 18.4 Å². The summed E-state index contributed by atoms with van der Waals surface area (Å²) in [5.74, 6) is 0.494. The highest BCUT2D eigenvalue weighted by atomic mass is 32.1. The van der Waals surface area contributed by atoms with E-state index in [2.05, 4.69) is 10.4 Å². The predicted octanol–water partition coefficient (Wildman–Crippen LogP) is 3.71. The second kappa shape index (κ2) is 7.14. The van der Waals surface area contributed by atoms with Crippen molar-refractivity contribution < 1.29 is 18.4 Å². The first kappa shape index (κ1) is 16.0. The van der Waals surface area contributed by atoms with E-state index in [0.29, 0.717) is 30.5 Å². The van der Waals surface area contributed by atoms with Crippen LogP contribution in [-0.2, 0) is 11.4 Å². The molecule has 7 nitrogen and oxygen atoms in total. The molecule has 0 aliphatic rings. The van der Waals surface area contributed by atoms with Crippen molar-refractivity contribution in [1.82, 2.24) is 9.78 Å². The van der Waals surface area contributed by atoms with Crippen LogP contribution in [0.2, 0.25) is 0 Å². The van der Waals surface area contributed by atoms with Crippen molar-refractivity contribution >= 4 is 23.9 Å². The molecule has 0 bridgehead atoms. The zero-order chi connectivity index (χ0) is 16.9. The topological polar surface area (TPSA) is 82.4 Å². The number of ether oxygens (including phenoxy) is 1. The van der Waals surface area contributed by atoms with Crippen LogP contribution in [0.15, 0.2) is 51.5 Å². The van der Waals surface area contributed by atoms with Gasteiger partial charge >= 0.3 is 5.97 Å². The molecule has 0 aliphatic heterocycles. The van der Waals surface area contributed by atoms with E-state index in [1.165, 1.54) is 10.9 Å². The van der Waals surface area contributed by atoms with E-state index in [9.17, 15) is 4.79 Å². The van der Waals surface area contributed by atoms with Crippen molar-refractivity contribution in [3.8, 4) is 11.7 Å². The normalized spacial score (nSPS) is 10.5. The molecule has 0 atom stereocenters. The summed E-state index contributed by atoms with van der Waals surface area (Å²) in [6.07, 6.45) is 1.54. The van der Waals surface area contributed by atoms with Crippen LogP contribution in [0.3, 0.4) is 0 Å². The van der Waals surface area contributed by atoms with E-state index in [1.54, 1.807) is 43.3 Å². The van der Waals surface area contributed by atoms with E-state index in [-0.39, 0.29) is 10.8 Å². The molecule has 0 saturated carbocycles. The molecule has 0 aliphatic carbocycles. The number of carbonyl (C=O) groups excluding carboxylic acids is 1. The van der Waals surface area contributed by atoms with Gasteiger partial charge < -0.3 is 18.9 Å². The number of furan rings is 1. The van der Waals surface area contributed by atoms with Gasteiger partial charge in [0.25, 0.3) is 10.7 Å². The first-order valence-electron chi connectivity index (χ1n) is 7.30. The summed E-state index contributed by atoms with van der Waals surface area (Å²) in [7, 11) is 0. The molecule has 0 spiro atoms. The van der Waals surface area contributed by atoms with Gasteiger partial charge in [-0.05, 0) is 55.5 Å². The van der Waals surface area contributed by atoms with E-state index < -0.39 is 0 Å². The predicted molar refractivity (Wildman–Crippen MR) is 89.1 cm³/mol. The van der Waals surface area contributed by atoms with Gasteiger partial charge in [0.1, 0.15) is 6.67 Å². The second-order valence-electron chi connectivity index (χ2n) is 4.78. The van der Waals surface area contributed by atoms with Gasteiger partial charge in [-0.3, -0.25) is 0 Å². The standard InChI is InChI=1S/C16H15N3O4S/c1-2-21-15(20)11-5-7-12(8-6-11)17-10-19-16(24)23-14(18-19)13-4-3-9-22-13/h3-9,17H,2,10H2,1H3. The largest absolute Gasteiger partial charge is 0.462 e. The Morgan fingerprint density at radius 3 is 2.79 bits per heavy atom. The third-order valence-corrected chi connectivity index (χ3v) is 3.46. The van der Waals surface area contributed by atoms with Crippen LogP contribution >= 0.6 is 12.2 Å². The number of nitrogens with one attached hydrogen (secondary N) is 1. The minimum absolute atomic E-state index is 0.233. The average molecular weight is 345 g/mol. The first-order chi connectivity index (χ1) is 11.7. The van der Waals surface area contributed by atoms with E-state index in [4.69, 9.17) is 25.8 Å². The Balaban J connectivity index is 1.66. The van der Waals surface area contributed by atoms with Gasteiger partial charge in [-0.25, -0.2) is 9.48 Å². The minimum Gasteiger partial charge on any atom is -0.462 e. The summed E-state index contributed by atoms with van der Waals surface area (Å²) >= 11 is 5.14. The summed E-state index contributed by atoms with van der Waals surface area (Å²) in [6.45, 7) is 2.44. The summed E-state index contributed by atoms with van der Waals surface area (Å²) < 4.78 is 17.1. The van der Waals surface area contributed by atoms with Crippen molar-refractivity contribution in [3.05, 3.63) is 53.1 Å². The number of hydrogen-bond acceptors (Lipinski definition) is 7. The van der Waals surface area contributed by atoms with Crippen LogP contribution in [0.4, 0.5) is 5.69 Å². The Morgan fingerprint density at radius 2 is 2.12 bits per heavy atom. The van der Waals surface area contributed by atoms with Gasteiger partial charge in [-0.2, -0.15) is 0 Å². The molecule has 0 radical (unpaired) electrons. The highest BCUT2D eigenvalue weighted by molar-refractivity contribution is 7.71. The number of anilines is 1. The van der Waals surface area contributed by atoms with Crippen LogP contribution in [0.1, 0.15) is 17.3 Å². The molecule has 0 saturated heterocycles. The molecule has 1 aromatic carbocycles. The summed E-state index contributed by atoms with van der Waals surface area (Å²) in [6, 6.07) is 10.4. The van der Waals surface area contributed by atoms with Crippen molar-refractivity contribution in [2.45, 2.75) is 13.6 Å². The van der Waals surface area contributed by atoms with Gasteiger partial charge in [0.15, 0.2) is 5.76 Å². The number of aromatic nitrogens is 2. The third-order valence-electron chi connectivity index (χ3n) is 3.17. The maximum Gasteiger partial charge on any atom is 0.338 e. The zero-order valence-electron chi connectivity index (χ0n) is 12.9. The van der Waals surface area contributed by atoms with Crippen molar-refractivity contribution in [2.75, 3.05) is 11.9 Å². The molecule has 0 fully saturated rings. The van der Waals surface area contributed by atoms with Crippen molar-refractivity contribution in [1.29, 1.82) is 0 Å². The molecule has 0 unspecified atom stereocenters. The van der Waals surface area contributed by atoms with Crippen LogP contribution < -0.4 is 5.32 Å². The Labute approximate surface area is 142 Å². The minimum atomic E-state index is -0.342. The number of benzene rings is 1. The second-order valence-corrected chi connectivity index (χ2v) is 5.13. The lowest BCUT2D eigenvalue weighted by Crippen LogP contribution is -2.10. The molecule has 3 rings (SSSR count). The fourth-order valence-corrected chi connectivity index (χ4v) is 2.20. The Morgan fingerprint density at radius 1 is 1.33 bits per heavy atom. The van der Waals surface area contributed by atoms with Crippen LogP contribution in [0.5, 0.6) is 0 Å². The lowest BCUT2D eigenvalue weighted by Gasteiger charge is -2.06. The Hall–Kier alpha value is -2.87. The van der Waals surface area contributed by atoms with Crippen molar-refractivity contribution in [2.24, 2.45) is 0 Å². The maximum absolute atomic E-state index is 11.6. The smallest absolute Gasteiger partial charge is 0.338 e. The monoisotopic (exact) mass is 345 g/mol. The fourth-order valence-electron chi connectivity index (χ4n) is 2.01. The van der Waals surface area contributed by atoms with Crippen molar-refractivity contribution in [3.63, 3.8) is 0 Å². The molecule has 0 amide bonds. The van der Waals surface area contributed by atoms with Crippen LogP contribution in [0.25, 0.3) is 11.7 Å². The molecule has 2 heterocycles. The molecule has 1 N–H and O–H groups in total. The zero-order valence-corrected chi connectivity index (χ0v) is 13.7. The fraction of sp³-hybridized carbons (Fsp3) is 0.188. The average Bonchev–Trinajstić information content (AvgIpc) is 3.23. The van der Waals surface area contributed by atoms with Gasteiger partial charge in [0.2, 0.25) is 0 Å². The Bertz CT molecular complexity index is 866. The third kappa shape index (κ3) is 3.54. The molecule has 8 heteroatoms. The van der Waals surface area contributed by atoms with Crippen LogP contribution in [0, 0.1) is 4.84 Å².